The molecule has 0 atom stereocenters. The van der Waals surface area contributed by atoms with Gasteiger partial charge in [-0.25, -0.2) is 4.39 Å². The number of aromatic nitrogens is 1. The SMILES string of the molecule is CC(C)c1c(-c2ccccc2)c(-c2ccccc2)c(-c2ccc(F)cc2)n1CP(=O)(c1ccccc1)c1ccccc1. The van der Waals surface area contributed by atoms with Crippen LogP contribution in [0.4, 0.5) is 4.39 Å². The Morgan fingerprint density at radius 1 is 0.571 bits per heavy atom. The molecule has 0 saturated heterocycles. The van der Waals surface area contributed by atoms with Crippen molar-refractivity contribution in [1.82, 2.24) is 4.57 Å². The van der Waals surface area contributed by atoms with E-state index in [9.17, 15) is 4.39 Å². The van der Waals surface area contributed by atoms with Crippen molar-refractivity contribution in [2.24, 2.45) is 0 Å². The quantitative estimate of drug-likeness (QED) is 0.167. The first kappa shape index (κ1) is 27.7. The topological polar surface area (TPSA) is 22.0 Å². The Bertz CT molecular complexity index is 1790. The molecule has 0 unspecified atom stereocenters. The molecule has 0 radical (unpaired) electrons. The van der Waals surface area contributed by atoms with Gasteiger partial charge in [0.15, 0.2) is 7.14 Å². The van der Waals surface area contributed by atoms with E-state index in [1.54, 1.807) is 0 Å². The Hall–Kier alpha value is -4.46. The van der Waals surface area contributed by atoms with Crippen LogP contribution in [-0.4, -0.2) is 4.57 Å². The number of rotatable bonds is 8. The summed E-state index contributed by atoms with van der Waals surface area (Å²) >= 11 is 0. The van der Waals surface area contributed by atoms with Crippen molar-refractivity contribution in [1.29, 1.82) is 0 Å². The minimum Gasteiger partial charge on any atom is -0.335 e. The molecule has 1 heterocycles. The van der Waals surface area contributed by atoms with Gasteiger partial charge in [0.25, 0.3) is 0 Å². The van der Waals surface area contributed by atoms with Crippen LogP contribution in [0.15, 0.2) is 146 Å². The molecule has 6 aromatic rings. The summed E-state index contributed by atoms with van der Waals surface area (Å²) in [5, 5.41) is 1.62. The first-order chi connectivity index (χ1) is 20.5. The normalized spacial score (nSPS) is 11.6. The molecule has 0 bridgehead atoms. The fraction of sp³-hybridized carbons (Fsp3) is 0.105. The summed E-state index contributed by atoms with van der Waals surface area (Å²) in [5.74, 6) is -0.179. The number of benzene rings is 5. The van der Waals surface area contributed by atoms with E-state index in [1.165, 1.54) is 12.1 Å². The van der Waals surface area contributed by atoms with Gasteiger partial charge >= 0.3 is 0 Å². The predicted octanol–water partition coefficient (Wildman–Crippen LogP) is 9.72. The standard InChI is InChI=1S/C38H33FNOP/c1-28(2)37-35(29-15-7-3-8-16-29)36(30-17-9-4-10-18-30)38(31-23-25-32(39)26-24-31)40(37)27-42(41,33-19-11-5-12-20-33)34-21-13-6-14-22-34/h3-26,28H,27H2,1-2H3. The molecule has 5 aromatic carbocycles. The van der Waals surface area contributed by atoms with Crippen molar-refractivity contribution in [2.75, 3.05) is 0 Å². The lowest BCUT2D eigenvalue weighted by molar-refractivity contribution is 0.577. The average molecular weight is 570 g/mol. The van der Waals surface area contributed by atoms with Gasteiger partial charge in [-0.2, -0.15) is 0 Å². The van der Waals surface area contributed by atoms with E-state index >= 15 is 4.57 Å². The highest BCUT2D eigenvalue weighted by Crippen LogP contribution is 2.52. The van der Waals surface area contributed by atoms with Crippen LogP contribution in [-0.2, 0) is 10.9 Å². The van der Waals surface area contributed by atoms with Gasteiger partial charge < -0.3 is 9.13 Å². The van der Waals surface area contributed by atoms with Crippen LogP contribution in [0.3, 0.4) is 0 Å². The number of halogens is 1. The molecule has 0 spiro atoms. The Morgan fingerprint density at radius 3 is 1.45 bits per heavy atom. The molecule has 0 fully saturated rings. The van der Waals surface area contributed by atoms with Gasteiger partial charge in [0, 0.05) is 27.4 Å². The van der Waals surface area contributed by atoms with E-state index in [4.69, 9.17) is 0 Å². The fourth-order valence-corrected chi connectivity index (χ4v) is 8.55. The maximum absolute atomic E-state index is 15.5. The lowest BCUT2D eigenvalue weighted by Gasteiger charge is -2.25. The third kappa shape index (κ3) is 5.17. The molecule has 0 aliphatic rings. The Morgan fingerprint density at radius 2 is 1.00 bits per heavy atom. The maximum Gasteiger partial charge on any atom is 0.161 e. The molecule has 208 valence electrons. The molecule has 0 amide bonds. The van der Waals surface area contributed by atoms with Gasteiger partial charge in [0.05, 0.1) is 12.0 Å². The monoisotopic (exact) mass is 569 g/mol. The van der Waals surface area contributed by atoms with Crippen LogP contribution >= 0.6 is 7.14 Å². The van der Waals surface area contributed by atoms with Gasteiger partial charge in [0.1, 0.15) is 5.82 Å². The highest BCUT2D eigenvalue weighted by atomic mass is 31.2. The number of nitrogens with zero attached hydrogens (tertiary/aromatic N) is 1. The second-order valence-electron chi connectivity index (χ2n) is 10.9. The molecule has 42 heavy (non-hydrogen) atoms. The molecule has 6 rings (SSSR count). The molecule has 0 aliphatic heterocycles. The summed E-state index contributed by atoms with van der Waals surface area (Å²) in [6.45, 7) is 4.38. The number of hydrogen-bond donors (Lipinski definition) is 0. The Balaban J connectivity index is 1.75. The van der Waals surface area contributed by atoms with E-state index in [-0.39, 0.29) is 18.0 Å². The third-order valence-electron chi connectivity index (χ3n) is 7.78. The highest BCUT2D eigenvalue weighted by molar-refractivity contribution is 7.77. The highest BCUT2D eigenvalue weighted by Gasteiger charge is 2.34. The van der Waals surface area contributed by atoms with Crippen LogP contribution in [0, 0.1) is 5.82 Å². The molecule has 0 saturated carbocycles. The molecular weight excluding hydrogens is 536 g/mol. The molecule has 0 aliphatic carbocycles. The smallest absolute Gasteiger partial charge is 0.161 e. The van der Waals surface area contributed by atoms with Crippen LogP contribution in [0.25, 0.3) is 33.5 Å². The van der Waals surface area contributed by atoms with Crippen molar-refractivity contribution < 1.29 is 8.96 Å². The summed E-state index contributed by atoms with van der Waals surface area (Å²) < 4.78 is 32.0. The zero-order valence-corrected chi connectivity index (χ0v) is 24.7. The summed E-state index contributed by atoms with van der Waals surface area (Å²) in [7, 11) is -3.17. The second-order valence-corrected chi connectivity index (χ2v) is 13.7. The molecule has 2 nitrogen and oxygen atoms in total. The van der Waals surface area contributed by atoms with Gasteiger partial charge in [-0.05, 0) is 46.9 Å². The number of hydrogen-bond acceptors (Lipinski definition) is 1. The summed E-state index contributed by atoms with van der Waals surface area (Å²) in [5.41, 5.74) is 7.25. The first-order valence-corrected chi connectivity index (χ1v) is 16.2. The summed E-state index contributed by atoms with van der Waals surface area (Å²) in [6.07, 6.45) is 0.272. The van der Waals surface area contributed by atoms with E-state index < -0.39 is 7.14 Å². The fourth-order valence-electron chi connectivity index (χ4n) is 5.92. The molecule has 4 heteroatoms. The van der Waals surface area contributed by atoms with E-state index in [0.29, 0.717) is 0 Å². The van der Waals surface area contributed by atoms with Crippen molar-refractivity contribution >= 4 is 17.8 Å². The summed E-state index contributed by atoms with van der Waals surface area (Å²) in [4.78, 5) is 0. The van der Waals surface area contributed by atoms with Crippen LogP contribution in [0.2, 0.25) is 0 Å². The molecule has 0 N–H and O–H groups in total. The average Bonchev–Trinajstić information content (AvgIpc) is 3.37. The minimum atomic E-state index is -3.17. The van der Waals surface area contributed by atoms with Crippen molar-refractivity contribution in [2.45, 2.75) is 26.1 Å². The van der Waals surface area contributed by atoms with Crippen LogP contribution in [0.5, 0.6) is 0 Å². The summed E-state index contributed by atoms with van der Waals surface area (Å²) in [6, 6.07) is 47.1. The molecule has 1 aromatic heterocycles. The van der Waals surface area contributed by atoms with E-state index in [0.717, 1.165) is 49.8 Å². The largest absolute Gasteiger partial charge is 0.335 e. The third-order valence-corrected chi connectivity index (χ3v) is 10.7. The van der Waals surface area contributed by atoms with Gasteiger partial charge in [-0.3, -0.25) is 0 Å². The van der Waals surface area contributed by atoms with Gasteiger partial charge in [-0.1, -0.05) is 135 Å². The van der Waals surface area contributed by atoms with Crippen LogP contribution < -0.4 is 10.6 Å². The minimum absolute atomic E-state index is 0.108. The van der Waals surface area contributed by atoms with Crippen molar-refractivity contribution in [3.8, 4) is 33.5 Å². The lowest BCUT2D eigenvalue weighted by atomic mass is 9.91. The Kier molecular flexibility index (Phi) is 7.78. The first-order valence-electron chi connectivity index (χ1n) is 14.3. The van der Waals surface area contributed by atoms with Crippen molar-refractivity contribution in [3.63, 3.8) is 0 Å². The van der Waals surface area contributed by atoms with Gasteiger partial charge in [-0.15, -0.1) is 0 Å². The zero-order valence-electron chi connectivity index (χ0n) is 23.8. The van der Waals surface area contributed by atoms with E-state index in [1.807, 2.05) is 97.1 Å². The second kappa shape index (κ2) is 11.8. The van der Waals surface area contributed by atoms with Crippen LogP contribution in [0.1, 0.15) is 25.5 Å². The van der Waals surface area contributed by atoms with Gasteiger partial charge in [0.2, 0.25) is 0 Å². The maximum atomic E-state index is 15.5. The Labute approximate surface area is 247 Å². The zero-order chi connectivity index (χ0) is 29.1. The predicted molar refractivity (Wildman–Crippen MR) is 175 cm³/mol. The van der Waals surface area contributed by atoms with Crippen molar-refractivity contribution in [3.05, 3.63) is 157 Å². The lowest BCUT2D eigenvalue weighted by Crippen LogP contribution is -2.21. The molecular formula is C38H33FNOP. The van der Waals surface area contributed by atoms with E-state index in [2.05, 4.69) is 54.8 Å².